The van der Waals surface area contributed by atoms with Crippen LogP contribution in [0.15, 0.2) is 0 Å². The van der Waals surface area contributed by atoms with Gasteiger partial charge in [0.25, 0.3) is 0 Å². The summed E-state index contributed by atoms with van der Waals surface area (Å²) in [5.74, 6) is 0. The van der Waals surface area contributed by atoms with Crippen LogP contribution in [0.2, 0.25) is 0 Å². The van der Waals surface area contributed by atoms with Crippen LogP contribution in [0, 0.1) is 0 Å². The largest absolute Gasteiger partial charge is 0.426 e. The Morgan fingerprint density at radius 1 is 0.467 bits per heavy atom. The molecular weight excluding hydrogens is 400 g/mol. The maximum Gasteiger partial charge on any atom is 0.426 e. The van der Waals surface area contributed by atoms with Gasteiger partial charge >= 0.3 is 10.4 Å². The van der Waals surface area contributed by atoms with Gasteiger partial charge in [0.1, 0.15) is 0 Å². The number of unbranched alkanes of at least 4 members (excludes halogenated alkanes) is 18. The molecule has 0 radical (unpaired) electrons. The predicted octanol–water partition coefficient (Wildman–Crippen LogP) is 8.04. The van der Waals surface area contributed by atoms with E-state index in [4.69, 9.17) is 9.07 Å². The Hall–Kier alpha value is -0.170. The van der Waals surface area contributed by atoms with Gasteiger partial charge in [-0.05, 0) is 12.8 Å². The van der Waals surface area contributed by atoms with Gasteiger partial charge in [-0.15, -0.1) is 0 Å². The molecule has 0 aromatic heterocycles. The Morgan fingerprint density at radius 2 is 0.800 bits per heavy atom. The fourth-order valence-electron chi connectivity index (χ4n) is 3.51. The molecular formula is C24H50O5S. The molecule has 182 valence electrons. The third kappa shape index (κ3) is 24.1. The molecule has 0 bridgehead atoms. The van der Waals surface area contributed by atoms with Crippen LogP contribution in [-0.4, -0.2) is 21.6 Å². The average molecular weight is 451 g/mol. The maximum absolute atomic E-state index is 11.6. The van der Waals surface area contributed by atoms with Gasteiger partial charge in [0, 0.05) is 0 Å². The molecule has 0 fully saturated rings. The van der Waals surface area contributed by atoms with Gasteiger partial charge in [-0.1, -0.05) is 134 Å². The smallest absolute Gasteiger partial charge is 0.246 e. The van der Waals surface area contributed by atoms with E-state index in [9.17, 15) is 8.42 Å². The molecule has 0 unspecified atom stereocenters. The van der Waals surface area contributed by atoms with Crippen molar-refractivity contribution in [2.24, 2.45) is 0 Å². The van der Waals surface area contributed by atoms with Crippen LogP contribution in [0.3, 0.4) is 0 Å². The van der Waals surface area contributed by atoms with E-state index in [0.29, 0.717) is 0 Å². The number of rotatable bonds is 25. The molecule has 0 rings (SSSR count). The summed E-state index contributed by atoms with van der Waals surface area (Å²) in [6, 6.07) is 0. The van der Waals surface area contributed by atoms with Crippen molar-refractivity contribution in [2.75, 3.05) is 13.2 Å². The number of hydrogen-bond acceptors (Lipinski definition) is 5. The lowest BCUT2D eigenvalue weighted by molar-refractivity contribution is -0.210. The molecule has 0 saturated carbocycles. The van der Waals surface area contributed by atoms with E-state index in [-0.39, 0.29) is 13.2 Å². The van der Waals surface area contributed by atoms with Gasteiger partial charge in [0.15, 0.2) is 0 Å². The molecule has 0 amide bonds. The van der Waals surface area contributed by atoms with Crippen molar-refractivity contribution in [2.45, 2.75) is 142 Å². The summed E-state index contributed by atoms with van der Waals surface area (Å²) in [6.07, 6.45) is 24.2. The first-order valence-corrected chi connectivity index (χ1v) is 14.2. The Balaban J connectivity index is 3.32. The van der Waals surface area contributed by atoms with Gasteiger partial charge in [0.2, 0.25) is 0 Å². The molecule has 0 aromatic carbocycles. The second kappa shape index (κ2) is 23.5. The quantitative estimate of drug-likeness (QED) is 0.0800. The van der Waals surface area contributed by atoms with E-state index in [0.717, 1.165) is 32.1 Å². The zero-order chi connectivity index (χ0) is 22.2. The molecule has 0 aliphatic heterocycles. The third-order valence-electron chi connectivity index (χ3n) is 5.44. The fraction of sp³-hybridized carbons (Fsp3) is 1.00. The van der Waals surface area contributed by atoms with E-state index >= 15 is 0 Å². The normalized spacial score (nSPS) is 11.9. The second-order valence-corrected chi connectivity index (χ2v) is 9.67. The molecule has 0 spiro atoms. The van der Waals surface area contributed by atoms with Crippen LogP contribution in [0.4, 0.5) is 0 Å². The van der Waals surface area contributed by atoms with Gasteiger partial charge in [-0.2, -0.15) is 8.42 Å². The van der Waals surface area contributed by atoms with Crippen LogP contribution >= 0.6 is 0 Å². The minimum Gasteiger partial charge on any atom is -0.246 e. The van der Waals surface area contributed by atoms with Crippen molar-refractivity contribution in [3.63, 3.8) is 0 Å². The molecule has 0 saturated heterocycles. The van der Waals surface area contributed by atoms with Crippen molar-refractivity contribution in [3.8, 4) is 0 Å². The standard InChI is InChI=1S/C24H50O5S/c1-3-5-7-9-11-13-15-17-19-21-23-27-29-30(25,26)28-24-22-20-18-16-14-12-10-8-6-4-2/h3-24H2,1-2H3. The molecule has 30 heavy (non-hydrogen) atoms. The highest BCUT2D eigenvalue weighted by Crippen LogP contribution is 2.12. The number of hydrogen-bond donors (Lipinski definition) is 0. The van der Waals surface area contributed by atoms with Crippen LogP contribution in [-0.2, 0) is 23.8 Å². The van der Waals surface area contributed by atoms with E-state index in [1.807, 2.05) is 0 Å². The van der Waals surface area contributed by atoms with Gasteiger partial charge in [-0.25, -0.2) is 9.07 Å². The van der Waals surface area contributed by atoms with Crippen LogP contribution in [0.25, 0.3) is 0 Å². The molecule has 6 heteroatoms. The first-order chi connectivity index (χ1) is 14.6. The second-order valence-electron chi connectivity index (χ2n) is 8.48. The Labute approximate surface area is 187 Å². The van der Waals surface area contributed by atoms with Gasteiger partial charge in [0.05, 0.1) is 13.2 Å². The topological polar surface area (TPSA) is 61.8 Å². The Kier molecular flexibility index (Phi) is 23.4. The zero-order valence-electron chi connectivity index (χ0n) is 20.0. The highest BCUT2D eigenvalue weighted by molar-refractivity contribution is 7.81. The molecule has 0 heterocycles. The molecule has 0 aromatic rings. The summed E-state index contributed by atoms with van der Waals surface area (Å²) < 4.78 is 32.5. The molecule has 5 nitrogen and oxygen atoms in total. The Bertz CT molecular complexity index is 425. The van der Waals surface area contributed by atoms with E-state index in [1.54, 1.807) is 0 Å². The van der Waals surface area contributed by atoms with Crippen LogP contribution in [0.5, 0.6) is 0 Å². The predicted molar refractivity (Wildman–Crippen MR) is 126 cm³/mol. The third-order valence-corrected chi connectivity index (χ3v) is 6.16. The first kappa shape index (κ1) is 29.8. The summed E-state index contributed by atoms with van der Waals surface area (Å²) in [6.45, 7) is 4.93. The highest BCUT2D eigenvalue weighted by Gasteiger charge is 2.12. The Morgan fingerprint density at radius 3 is 1.20 bits per heavy atom. The van der Waals surface area contributed by atoms with E-state index in [1.165, 1.54) is 96.3 Å². The molecule has 0 aliphatic rings. The van der Waals surface area contributed by atoms with Crippen LogP contribution < -0.4 is 0 Å². The lowest BCUT2D eigenvalue weighted by Gasteiger charge is -2.06. The monoisotopic (exact) mass is 450 g/mol. The lowest BCUT2D eigenvalue weighted by Crippen LogP contribution is -2.12. The van der Waals surface area contributed by atoms with Gasteiger partial charge in [-0.3, -0.25) is 0 Å². The molecule has 0 aliphatic carbocycles. The summed E-state index contributed by atoms with van der Waals surface area (Å²) >= 11 is 0. The maximum atomic E-state index is 11.6. The summed E-state index contributed by atoms with van der Waals surface area (Å²) in [5, 5.41) is 0. The van der Waals surface area contributed by atoms with E-state index < -0.39 is 10.4 Å². The average Bonchev–Trinajstić information content (AvgIpc) is 2.72. The van der Waals surface area contributed by atoms with Crippen molar-refractivity contribution in [1.29, 1.82) is 0 Å². The van der Waals surface area contributed by atoms with Crippen molar-refractivity contribution in [1.82, 2.24) is 0 Å². The van der Waals surface area contributed by atoms with E-state index in [2.05, 4.69) is 18.2 Å². The fourth-order valence-corrected chi connectivity index (χ4v) is 4.06. The van der Waals surface area contributed by atoms with Crippen molar-refractivity contribution >= 4 is 10.4 Å². The molecule has 0 N–H and O–H groups in total. The van der Waals surface area contributed by atoms with Crippen molar-refractivity contribution in [3.05, 3.63) is 0 Å². The summed E-state index contributed by atoms with van der Waals surface area (Å²) in [5.41, 5.74) is 0. The van der Waals surface area contributed by atoms with Crippen LogP contribution in [0.1, 0.15) is 142 Å². The SMILES string of the molecule is CCCCCCCCCCCCOOS(=O)(=O)OCCCCCCCCCCCC. The highest BCUT2D eigenvalue weighted by atomic mass is 32.3. The zero-order valence-corrected chi connectivity index (χ0v) is 20.8. The van der Waals surface area contributed by atoms with Gasteiger partial charge < -0.3 is 0 Å². The minimum absolute atomic E-state index is 0.167. The molecule has 0 atom stereocenters. The summed E-state index contributed by atoms with van der Waals surface area (Å²) in [7, 11) is -4.03. The minimum atomic E-state index is -4.03. The first-order valence-electron chi connectivity index (χ1n) is 12.8. The van der Waals surface area contributed by atoms with Crippen molar-refractivity contribution < 1.29 is 21.8 Å². The summed E-state index contributed by atoms with van der Waals surface area (Å²) in [4.78, 5) is 4.81. The lowest BCUT2D eigenvalue weighted by atomic mass is 10.1.